The summed E-state index contributed by atoms with van der Waals surface area (Å²) in [5.74, 6) is -0.431. The largest absolute Gasteiger partial charge is 0.357 e. The van der Waals surface area contributed by atoms with E-state index in [-0.39, 0.29) is 5.69 Å². The number of nitrogens with zero attached hydrogens (tertiary/aromatic N) is 3. The maximum absolute atomic E-state index is 14.6. The zero-order chi connectivity index (χ0) is 21.2. The Kier molecular flexibility index (Phi) is 6.02. The number of carbonyl (C=O) groups excluding carboxylic acids is 2. The van der Waals surface area contributed by atoms with E-state index in [9.17, 15) is 14.0 Å². The maximum atomic E-state index is 14.6. The molecule has 0 bridgehead atoms. The summed E-state index contributed by atoms with van der Waals surface area (Å²) in [5.41, 5.74) is -0.0126. The van der Waals surface area contributed by atoms with Crippen molar-refractivity contribution in [1.82, 2.24) is 25.1 Å². The molecule has 156 valence electrons. The second-order valence-electron chi connectivity index (χ2n) is 7.92. The molecule has 1 aliphatic heterocycles. The van der Waals surface area contributed by atoms with Crippen LogP contribution in [0.1, 0.15) is 36.5 Å². The van der Waals surface area contributed by atoms with Gasteiger partial charge in [-0.05, 0) is 33.9 Å². The molecule has 2 N–H and O–H groups in total. The molecule has 0 aliphatic carbocycles. The topological polar surface area (TPSA) is 79.3 Å². The van der Waals surface area contributed by atoms with Gasteiger partial charge in [-0.15, -0.1) is 0 Å². The van der Waals surface area contributed by atoms with Crippen molar-refractivity contribution in [3.63, 3.8) is 0 Å². The zero-order valence-corrected chi connectivity index (χ0v) is 17.3. The molecule has 0 radical (unpaired) electrons. The van der Waals surface area contributed by atoms with Gasteiger partial charge in [-0.2, -0.15) is 0 Å². The number of nitrogens with one attached hydrogen (secondary N) is 2. The third kappa shape index (κ3) is 4.48. The summed E-state index contributed by atoms with van der Waals surface area (Å²) >= 11 is 0. The summed E-state index contributed by atoms with van der Waals surface area (Å²) < 4.78 is 16.7. The SMILES string of the molecule is CNC(=O)C(NC(=O)c1nc(-c2ccccc2)n2c1CN(C)CCC2)C(C)(C)F. The summed E-state index contributed by atoms with van der Waals surface area (Å²) in [6.07, 6.45) is 0.930. The summed E-state index contributed by atoms with van der Waals surface area (Å²) in [7, 11) is 3.41. The second-order valence-corrected chi connectivity index (χ2v) is 7.92. The molecule has 7 nitrogen and oxygen atoms in total. The Morgan fingerprint density at radius 3 is 2.52 bits per heavy atom. The average Bonchev–Trinajstić information content (AvgIpc) is 2.92. The molecule has 2 amide bonds. The van der Waals surface area contributed by atoms with Gasteiger partial charge in [0.2, 0.25) is 5.91 Å². The smallest absolute Gasteiger partial charge is 0.272 e. The molecule has 1 aromatic heterocycles. The van der Waals surface area contributed by atoms with E-state index in [1.807, 2.05) is 37.4 Å². The molecule has 2 aromatic rings. The number of benzene rings is 1. The molecule has 29 heavy (non-hydrogen) atoms. The first kappa shape index (κ1) is 21.0. The van der Waals surface area contributed by atoms with Crippen LogP contribution in [0.15, 0.2) is 30.3 Å². The summed E-state index contributed by atoms with van der Waals surface area (Å²) in [6, 6.07) is 8.35. The van der Waals surface area contributed by atoms with E-state index < -0.39 is 23.5 Å². The average molecular weight is 401 g/mol. The number of carbonyl (C=O) groups is 2. The first-order valence-electron chi connectivity index (χ1n) is 9.77. The van der Waals surface area contributed by atoms with Crippen molar-refractivity contribution in [3.8, 4) is 11.4 Å². The first-order valence-corrected chi connectivity index (χ1v) is 9.77. The molecule has 1 unspecified atom stereocenters. The molecule has 1 aromatic carbocycles. The number of aromatic nitrogens is 2. The molecule has 2 heterocycles. The lowest BCUT2D eigenvalue weighted by Gasteiger charge is -2.26. The Morgan fingerprint density at radius 1 is 1.21 bits per heavy atom. The summed E-state index contributed by atoms with van der Waals surface area (Å²) in [4.78, 5) is 32.0. The molecule has 0 saturated heterocycles. The first-order chi connectivity index (χ1) is 13.7. The Morgan fingerprint density at radius 2 is 1.90 bits per heavy atom. The molecular weight excluding hydrogens is 373 g/mol. The van der Waals surface area contributed by atoms with E-state index in [0.717, 1.165) is 30.8 Å². The number of rotatable bonds is 5. The quantitative estimate of drug-likeness (QED) is 0.803. The second kappa shape index (κ2) is 8.32. The fourth-order valence-electron chi connectivity index (χ4n) is 3.60. The highest BCUT2D eigenvalue weighted by Crippen LogP contribution is 2.26. The van der Waals surface area contributed by atoms with E-state index >= 15 is 0 Å². The molecule has 0 spiro atoms. The van der Waals surface area contributed by atoms with Crippen LogP contribution in [-0.2, 0) is 17.9 Å². The van der Waals surface area contributed by atoms with Crippen molar-refractivity contribution in [3.05, 3.63) is 41.7 Å². The van der Waals surface area contributed by atoms with E-state index in [0.29, 0.717) is 12.4 Å². The van der Waals surface area contributed by atoms with Gasteiger partial charge in [0.1, 0.15) is 17.5 Å². The number of halogens is 1. The van der Waals surface area contributed by atoms with Gasteiger partial charge in [0.25, 0.3) is 5.91 Å². The van der Waals surface area contributed by atoms with Crippen molar-refractivity contribution in [2.24, 2.45) is 0 Å². The van der Waals surface area contributed by atoms with Crippen LogP contribution in [0.2, 0.25) is 0 Å². The molecule has 8 heteroatoms. The molecule has 1 atom stereocenters. The fourth-order valence-corrected chi connectivity index (χ4v) is 3.60. The minimum atomic E-state index is -1.93. The third-order valence-corrected chi connectivity index (χ3v) is 5.13. The number of alkyl halides is 1. The van der Waals surface area contributed by atoms with Crippen molar-refractivity contribution in [1.29, 1.82) is 0 Å². The molecule has 0 saturated carbocycles. The van der Waals surface area contributed by atoms with Gasteiger partial charge in [0, 0.05) is 25.7 Å². The van der Waals surface area contributed by atoms with Crippen LogP contribution in [0, 0.1) is 0 Å². The molecule has 0 fully saturated rings. The van der Waals surface area contributed by atoms with E-state index in [2.05, 4.69) is 25.1 Å². The van der Waals surface area contributed by atoms with Gasteiger partial charge in [0.15, 0.2) is 5.69 Å². The molecular formula is C21H28FN5O2. The third-order valence-electron chi connectivity index (χ3n) is 5.13. The highest BCUT2D eigenvalue weighted by molar-refractivity contribution is 5.98. The maximum Gasteiger partial charge on any atom is 0.272 e. The van der Waals surface area contributed by atoms with Gasteiger partial charge < -0.3 is 20.1 Å². The standard InChI is InChI=1S/C21H28FN5O2/c1-21(2,22)17(20(29)23-3)25-19(28)16-15-13-26(4)11-8-12-27(15)18(24-16)14-9-6-5-7-10-14/h5-7,9-10,17H,8,11-13H2,1-4H3,(H,23,29)(H,25,28). The van der Waals surface area contributed by atoms with Crippen molar-refractivity contribution in [2.75, 3.05) is 20.6 Å². The van der Waals surface area contributed by atoms with Gasteiger partial charge in [-0.25, -0.2) is 9.37 Å². The predicted octanol–water partition coefficient (Wildman–Crippen LogP) is 1.98. The minimum absolute atomic E-state index is 0.232. The van der Waals surface area contributed by atoms with Gasteiger partial charge in [-0.3, -0.25) is 9.59 Å². The fraction of sp³-hybridized carbons (Fsp3) is 0.476. The van der Waals surface area contributed by atoms with Crippen molar-refractivity contribution in [2.45, 2.75) is 45.1 Å². The number of imidazole rings is 1. The highest BCUT2D eigenvalue weighted by Gasteiger charge is 2.37. The van der Waals surface area contributed by atoms with Crippen LogP contribution < -0.4 is 10.6 Å². The number of hydrogen-bond donors (Lipinski definition) is 2. The zero-order valence-electron chi connectivity index (χ0n) is 17.3. The van der Waals surface area contributed by atoms with Crippen molar-refractivity contribution < 1.29 is 14.0 Å². The summed E-state index contributed by atoms with van der Waals surface area (Å²) in [6.45, 7) is 4.72. The molecule has 1 aliphatic rings. The van der Waals surface area contributed by atoms with Gasteiger partial charge >= 0.3 is 0 Å². The van der Waals surface area contributed by atoms with Crippen LogP contribution in [-0.4, -0.2) is 58.6 Å². The Labute approximate surface area is 170 Å². The molecule has 3 rings (SSSR count). The van der Waals surface area contributed by atoms with Gasteiger partial charge in [0.05, 0.1) is 5.69 Å². The van der Waals surface area contributed by atoms with Crippen LogP contribution in [0.3, 0.4) is 0 Å². The lowest BCUT2D eigenvalue weighted by Crippen LogP contribution is -2.55. The Bertz CT molecular complexity index is 888. The number of likely N-dealkylation sites (N-methyl/N-ethyl adjacent to an activating group) is 1. The minimum Gasteiger partial charge on any atom is -0.357 e. The van der Waals surface area contributed by atoms with E-state index in [4.69, 9.17) is 0 Å². The van der Waals surface area contributed by atoms with E-state index in [1.54, 1.807) is 0 Å². The Hall–Kier alpha value is -2.74. The Balaban J connectivity index is 2.03. The van der Waals surface area contributed by atoms with Crippen LogP contribution >= 0.6 is 0 Å². The number of fused-ring (bicyclic) bond motifs is 1. The summed E-state index contributed by atoms with van der Waals surface area (Å²) in [5, 5.41) is 4.97. The number of hydrogen-bond acceptors (Lipinski definition) is 4. The van der Waals surface area contributed by atoms with E-state index in [1.165, 1.54) is 20.9 Å². The normalized spacial score (nSPS) is 15.9. The number of amides is 2. The predicted molar refractivity (Wildman–Crippen MR) is 109 cm³/mol. The van der Waals surface area contributed by atoms with Crippen LogP contribution in [0.25, 0.3) is 11.4 Å². The lowest BCUT2D eigenvalue weighted by atomic mass is 10.00. The lowest BCUT2D eigenvalue weighted by molar-refractivity contribution is -0.125. The monoisotopic (exact) mass is 401 g/mol. The van der Waals surface area contributed by atoms with Crippen LogP contribution in [0.5, 0.6) is 0 Å². The van der Waals surface area contributed by atoms with Crippen LogP contribution in [0.4, 0.5) is 4.39 Å². The van der Waals surface area contributed by atoms with Gasteiger partial charge in [-0.1, -0.05) is 30.3 Å². The van der Waals surface area contributed by atoms with Crippen molar-refractivity contribution >= 4 is 11.8 Å². The highest BCUT2D eigenvalue weighted by atomic mass is 19.1.